The first kappa shape index (κ1) is 13.1. The first-order valence-corrected chi connectivity index (χ1v) is 6.81. The number of ether oxygens (including phenoxy) is 1. The number of carbonyl (C=O) groups excluding carboxylic acids is 2. The average Bonchev–Trinajstić information content (AvgIpc) is 2.94. The zero-order valence-electron chi connectivity index (χ0n) is 11.2. The van der Waals surface area contributed by atoms with Crippen molar-refractivity contribution in [3.05, 3.63) is 29.1 Å². The van der Waals surface area contributed by atoms with Crippen LogP contribution in [0.15, 0.2) is 12.1 Å². The lowest BCUT2D eigenvalue weighted by molar-refractivity contribution is -0.119. The van der Waals surface area contributed by atoms with E-state index in [4.69, 9.17) is 4.74 Å². The fraction of sp³-hybridized carbons (Fsp3) is 0.467. The van der Waals surface area contributed by atoms with Gasteiger partial charge in [-0.05, 0) is 18.1 Å². The summed E-state index contributed by atoms with van der Waals surface area (Å²) in [5.41, 5.74) is 0.850. The average molecular weight is 277 g/mol. The predicted octanol–water partition coefficient (Wildman–Crippen LogP) is 2.03. The van der Waals surface area contributed by atoms with Crippen LogP contribution in [0, 0.1) is 11.7 Å². The maximum atomic E-state index is 13.8. The molecule has 1 aliphatic carbocycles. The van der Waals surface area contributed by atoms with E-state index in [1.165, 1.54) is 12.1 Å². The van der Waals surface area contributed by atoms with Crippen LogP contribution in [0.3, 0.4) is 0 Å². The number of halogens is 1. The van der Waals surface area contributed by atoms with Crippen LogP contribution in [0.5, 0.6) is 5.75 Å². The maximum Gasteiger partial charge on any atom is 0.220 e. The summed E-state index contributed by atoms with van der Waals surface area (Å²) >= 11 is 0. The van der Waals surface area contributed by atoms with Gasteiger partial charge in [-0.15, -0.1) is 0 Å². The van der Waals surface area contributed by atoms with Gasteiger partial charge in [0.2, 0.25) is 5.91 Å². The van der Waals surface area contributed by atoms with Crippen molar-refractivity contribution in [2.45, 2.75) is 25.7 Å². The van der Waals surface area contributed by atoms with Gasteiger partial charge in [0.05, 0.1) is 12.2 Å². The summed E-state index contributed by atoms with van der Waals surface area (Å²) in [6.07, 6.45) is 0.768. The van der Waals surface area contributed by atoms with Gasteiger partial charge in [0.15, 0.2) is 5.78 Å². The summed E-state index contributed by atoms with van der Waals surface area (Å²) < 4.78 is 19.5. The van der Waals surface area contributed by atoms with E-state index in [2.05, 4.69) is 5.32 Å². The Morgan fingerprint density at radius 2 is 2.15 bits per heavy atom. The van der Waals surface area contributed by atoms with Crippen molar-refractivity contribution in [2.24, 2.45) is 5.92 Å². The number of Topliss-reactive ketones (excluding diaryl/α,β-unsaturated/α-hetero) is 1. The lowest BCUT2D eigenvalue weighted by Crippen LogP contribution is -2.17. The molecule has 1 amide bonds. The molecule has 1 heterocycles. The zero-order chi connectivity index (χ0) is 14.3. The Labute approximate surface area is 116 Å². The van der Waals surface area contributed by atoms with Gasteiger partial charge < -0.3 is 10.1 Å². The van der Waals surface area contributed by atoms with Crippen LogP contribution in [0.25, 0.3) is 0 Å². The molecule has 0 spiro atoms. The number of amides is 1. The van der Waals surface area contributed by atoms with Crippen LogP contribution in [-0.4, -0.2) is 24.8 Å². The number of nitrogens with one attached hydrogen (secondary N) is 1. The highest BCUT2D eigenvalue weighted by Gasteiger charge is 2.33. The van der Waals surface area contributed by atoms with Gasteiger partial charge in [0.1, 0.15) is 11.6 Å². The minimum absolute atomic E-state index is 0.0210. The van der Waals surface area contributed by atoms with Gasteiger partial charge in [-0.2, -0.15) is 0 Å². The van der Waals surface area contributed by atoms with Crippen molar-refractivity contribution in [1.29, 1.82) is 0 Å². The van der Waals surface area contributed by atoms with E-state index in [9.17, 15) is 14.0 Å². The molecular formula is C15H16FNO3. The summed E-state index contributed by atoms with van der Waals surface area (Å²) in [4.78, 5) is 23.1. The minimum Gasteiger partial charge on any atom is -0.492 e. The number of fused-ring (bicyclic) bond motifs is 1. The van der Waals surface area contributed by atoms with Gasteiger partial charge in [0, 0.05) is 30.9 Å². The van der Waals surface area contributed by atoms with Gasteiger partial charge in [-0.1, -0.05) is 6.92 Å². The van der Waals surface area contributed by atoms with Crippen molar-refractivity contribution in [3.8, 4) is 5.75 Å². The van der Waals surface area contributed by atoms with Gasteiger partial charge in [-0.25, -0.2) is 4.39 Å². The quantitative estimate of drug-likeness (QED) is 0.919. The number of ketones is 1. The highest BCUT2D eigenvalue weighted by atomic mass is 19.1. The van der Waals surface area contributed by atoms with Crippen LogP contribution < -0.4 is 10.1 Å². The fourth-order valence-electron chi connectivity index (χ4n) is 2.94. The number of hydrogen-bond donors (Lipinski definition) is 1. The fourth-order valence-corrected chi connectivity index (χ4v) is 2.94. The second kappa shape index (κ2) is 4.89. The van der Waals surface area contributed by atoms with Crippen molar-refractivity contribution in [3.63, 3.8) is 0 Å². The first-order chi connectivity index (χ1) is 9.56. The Morgan fingerprint density at radius 3 is 2.85 bits per heavy atom. The van der Waals surface area contributed by atoms with E-state index in [0.717, 1.165) is 0 Å². The van der Waals surface area contributed by atoms with Crippen LogP contribution in [0.2, 0.25) is 0 Å². The number of carbonyl (C=O) groups is 2. The van der Waals surface area contributed by atoms with Crippen LogP contribution >= 0.6 is 0 Å². The molecule has 1 aromatic carbocycles. The third kappa shape index (κ3) is 2.17. The van der Waals surface area contributed by atoms with Gasteiger partial charge >= 0.3 is 0 Å². The van der Waals surface area contributed by atoms with Crippen LogP contribution in [0.4, 0.5) is 4.39 Å². The van der Waals surface area contributed by atoms with Crippen LogP contribution in [0.1, 0.15) is 41.6 Å². The number of benzene rings is 1. The Morgan fingerprint density at radius 1 is 1.35 bits per heavy atom. The molecule has 2 atom stereocenters. The lowest BCUT2D eigenvalue weighted by Gasteiger charge is -2.14. The van der Waals surface area contributed by atoms with E-state index >= 15 is 0 Å². The molecule has 0 radical (unpaired) electrons. The smallest absolute Gasteiger partial charge is 0.220 e. The van der Waals surface area contributed by atoms with Crippen molar-refractivity contribution in [2.75, 3.05) is 13.2 Å². The Bertz CT molecular complexity index is 585. The molecule has 0 aromatic heterocycles. The first-order valence-electron chi connectivity index (χ1n) is 6.81. The summed E-state index contributed by atoms with van der Waals surface area (Å²) in [5.74, 6) is 0.0571. The van der Waals surface area contributed by atoms with Gasteiger partial charge in [-0.3, -0.25) is 9.59 Å². The molecule has 2 aliphatic rings. The molecular weight excluding hydrogens is 261 g/mol. The van der Waals surface area contributed by atoms with Crippen molar-refractivity contribution >= 4 is 11.7 Å². The highest BCUT2D eigenvalue weighted by molar-refractivity contribution is 6.03. The molecule has 3 rings (SSSR count). The second-order valence-corrected chi connectivity index (χ2v) is 5.55. The number of rotatable bonds is 3. The number of hydrogen-bond acceptors (Lipinski definition) is 3. The normalized spacial score (nSPS) is 24.7. The van der Waals surface area contributed by atoms with Crippen molar-refractivity contribution in [1.82, 2.24) is 5.32 Å². The standard InChI is InChI=1S/C15H16FNO3/c1-8-4-11(18)15-12(3-2-10(16)14(8)15)20-7-9-5-13(19)17-6-9/h2-3,8-9H,4-7H2,1H3,(H,17,19)/t8-,9+/m1/s1. The summed E-state index contributed by atoms with van der Waals surface area (Å²) in [6, 6.07) is 2.86. The molecule has 0 saturated carbocycles. The summed E-state index contributed by atoms with van der Waals surface area (Å²) in [5, 5.41) is 2.74. The Balaban J connectivity index is 1.81. The molecule has 106 valence electrons. The molecule has 1 fully saturated rings. The third-order valence-corrected chi connectivity index (χ3v) is 3.95. The second-order valence-electron chi connectivity index (χ2n) is 5.55. The largest absolute Gasteiger partial charge is 0.492 e. The molecule has 20 heavy (non-hydrogen) atoms. The van der Waals surface area contributed by atoms with E-state index < -0.39 is 0 Å². The van der Waals surface area contributed by atoms with Crippen molar-refractivity contribution < 1.29 is 18.7 Å². The SMILES string of the molecule is C[C@@H]1CC(=O)c2c(OC[C@@H]3CNC(=O)C3)ccc(F)c21. The topological polar surface area (TPSA) is 55.4 Å². The zero-order valence-corrected chi connectivity index (χ0v) is 11.2. The summed E-state index contributed by atoms with van der Waals surface area (Å²) in [6.45, 7) is 2.79. The van der Waals surface area contributed by atoms with E-state index in [0.29, 0.717) is 42.9 Å². The molecule has 0 bridgehead atoms. The van der Waals surface area contributed by atoms with E-state index in [1.54, 1.807) is 0 Å². The highest BCUT2D eigenvalue weighted by Crippen LogP contribution is 2.39. The molecule has 1 aliphatic heterocycles. The van der Waals surface area contributed by atoms with Crippen LogP contribution in [-0.2, 0) is 4.79 Å². The molecule has 1 aromatic rings. The lowest BCUT2D eigenvalue weighted by atomic mass is 10.0. The van der Waals surface area contributed by atoms with E-state index in [-0.39, 0.29) is 29.3 Å². The maximum absolute atomic E-state index is 13.8. The minimum atomic E-state index is -0.344. The van der Waals surface area contributed by atoms with Gasteiger partial charge in [0.25, 0.3) is 0 Å². The molecule has 1 saturated heterocycles. The van der Waals surface area contributed by atoms with E-state index in [1.807, 2.05) is 6.92 Å². The molecule has 1 N–H and O–H groups in total. The Hall–Kier alpha value is -1.91. The molecule has 0 unspecified atom stereocenters. The summed E-state index contributed by atoms with van der Waals surface area (Å²) in [7, 11) is 0. The molecule has 4 nitrogen and oxygen atoms in total. The Kier molecular flexibility index (Phi) is 3.20. The monoisotopic (exact) mass is 277 g/mol. The predicted molar refractivity (Wildman–Crippen MR) is 70.4 cm³/mol. The third-order valence-electron chi connectivity index (χ3n) is 3.95. The molecule has 5 heteroatoms.